The van der Waals surface area contributed by atoms with Crippen LogP contribution in [0.2, 0.25) is 5.02 Å². The molecule has 1 aliphatic heterocycles. The molecular formula is C17H16ClN3O5. The number of anilines is 1. The molecule has 0 spiro atoms. The molecule has 1 unspecified atom stereocenters. The Morgan fingerprint density at radius 2 is 2.04 bits per heavy atom. The van der Waals surface area contributed by atoms with Crippen LogP contribution in [0.25, 0.3) is 0 Å². The first-order valence-electron chi connectivity index (χ1n) is 7.97. The third-order valence-corrected chi connectivity index (χ3v) is 4.05. The van der Waals surface area contributed by atoms with Gasteiger partial charge in [0.25, 0.3) is 11.7 Å². The molecule has 8 nitrogen and oxygen atoms in total. The van der Waals surface area contributed by atoms with Crippen LogP contribution in [-0.4, -0.2) is 35.1 Å². The number of halogens is 1. The molecule has 1 atom stereocenters. The number of benzene rings is 1. The summed E-state index contributed by atoms with van der Waals surface area (Å²) >= 11 is 5.82. The fourth-order valence-electron chi connectivity index (χ4n) is 2.54. The molecule has 1 aliphatic rings. The van der Waals surface area contributed by atoms with Crippen LogP contribution in [0.4, 0.5) is 11.6 Å². The maximum atomic E-state index is 12.4. The lowest BCUT2D eigenvalue weighted by Crippen LogP contribution is -2.45. The van der Waals surface area contributed by atoms with E-state index in [1.165, 1.54) is 17.0 Å². The van der Waals surface area contributed by atoms with Crippen LogP contribution in [-0.2, 0) is 4.79 Å². The second-order valence-corrected chi connectivity index (χ2v) is 6.09. The Kier molecular flexibility index (Phi) is 5.22. The van der Waals surface area contributed by atoms with Gasteiger partial charge in [-0.25, -0.2) is 0 Å². The number of hydrogen-bond donors (Lipinski definition) is 0. The van der Waals surface area contributed by atoms with E-state index >= 15 is 0 Å². The average molecular weight is 378 g/mol. The van der Waals surface area contributed by atoms with Crippen molar-refractivity contribution in [2.75, 3.05) is 18.1 Å². The van der Waals surface area contributed by atoms with Crippen molar-refractivity contribution in [3.63, 3.8) is 0 Å². The van der Waals surface area contributed by atoms with Gasteiger partial charge in [0.15, 0.2) is 11.9 Å². The molecule has 0 saturated carbocycles. The van der Waals surface area contributed by atoms with Gasteiger partial charge in [-0.3, -0.25) is 9.69 Å². The summed E-state index contributed by atoms with van der Waals surface area (Å²) in [6, 6.07) is 9.67. The molecular weight excluding hydrogens is 362 g/mol. The molecule has 2 heterocycles. The number of aromatic nitrogens is 1. The van der Waals surface area contributed by atoms with Gasteiger partial charge in [-0.2, -0.15) is 0 Å². The number of carbonyl (C=O) groups excluding carboxylic acids is 1. The van der Waals surface area contributed by atoms with Crippen LogP contribution in [0.15, 0.2) is 36.4 Å². The lowest BCUT2D eigenvalue weighted by atomic mass is 10.2. The van der Waals surface area contributed by atoms with Crippen molar-refractivity contribution in [2.45, 2.75) is 19.4 Å². The lowest BCUT2D eigenvalue weighted by molar-refractivity contribution is -0.389. The largest absolute Gasteiger partial charge is 0.494 e. The van der Waals surface area contributed by atoms with Crippen LogP contribution < -0.4 is 14.4 Å². The van der Waals surface area contributed by atoms with Crippen LogP contribution in [0, 0.1) is 10.1 Å². The summed E-state index contributed by atoms with van der Waals surface area (Å²) in [6.45, 7) is 2.30. The van der Waals surface area contributed by atoms with E-state index in [0.717, 1.165) is 0 Å². The number of nitro groups is 1. The SMILES string of the molecule is CC1Oc2ccc([N+](=O)[O-])nc2N(CCCOc2ccc(Cl)cc2)C1=O. The van der Waals surface area contributed by atoms with Crippen LogP contribution in [0.1, 0.15) is 13.3 Å². The maximum Gasteiger partial charge on any atom is 0.366 e. The zero-order chi connectivity index (χ0) is 18.7. The Labute approximate surface area is 154 Å². The minimum atomic E-state index is -0.678. The Morgan fingerprint density at radius 3 is 2.73 bits per heavy atom. The molecule has 0 fully saturated rings. The highest BCUT2D eigenvalue weighted by Gasteiger charge is 2.36. The summed E-state index contributed by atoms with van der Waals surface area (Å²) in [5.74, 6) is 0.550. The summed E-state index contributed by atoms with van der Waals surface area (Å²) in [7, 11) is 0. The van der Waals surface area contributed by atoms with E-state index in [1.54, 1.807) is 31.2 Å². The van der Waals surface area contributed by atoms with Gasteiger partial charge in [-0.1, -0.05) is 11.6 Å². The quantitative estimate of drug-likeness (QED) is 0.435. The lowest BCUT2D eigenvalue weighted by Gasteiger charge is -2.29. The molecule has 1 aromatic heterocycles. The van der Waals surface area contributed by atoms with E-state index < -0.39 is 11.0 Å². The highest BCUT2D eigenvalue weighted by molar-refractivity contribution is 6.30. The number of pyridine rings is 1. The van der Waals surface area contributed by atoms with Gasteiger partial charge in [-0.15, -0.1) is 0 Å². The monoisotopic (exact) mass is 377 g/mol. The number of hydrogen-bond acceptors (Lipinski definition) is 6. The summed E-state index contributed by atoms with van der Waals surface area (Å²) in [5, 5.41) is 11.6. The standard InChI is InChI=1S/C17H16ClN3O5/c1-11-17(22)20(9-2-10-25-13-5-3-12(18)4-6-13)16-14(26-11)7-8-15(19-16)21(23)24/h3-8,11H,2,9-10H2,1H3. The number of nitrogens with zero attached hydrogens (tertiary/aromatic N) is 3. The van der Waals surface area contributed by atoms with Crippen LogP contribution >= 0.6 is 11.6 Å². The molecule has 9 heteroatoms. The molecule has 0 aliphatic carbocycles. The van der Waals surface area contributed by atoms with Gasteiger partial charge in [0.1, 0.15) is 5.75 Å². The molecule has 0 radical (unpaired) electrons. The van der Waals surface area contributed by atoms with Crippen LogP contribution in [0.5, 0.6) is 11.5 Å². The fraction of sp³-hybridized carbons (Fsp3) is 0.294. The van der Waals surface area contributed by atoms with Crippen molar-refractivity contribution in [2.24, 2.45) is 0 Å². The van der Waals surface area contributed by atoms with Gasteiger partial charge in [0, 0.05) is 17.6 Å². The summed E-state index contributed by atoms with van der Waals surface area (Å²) in [4.78, 5) is 28.1. The van der Waals surface area contributed by atoms with E-state index in [4.69, 9.17) is 21.1 Å². The van der Waals surface area contributed by atoms with E-state index in [2.05, 4.69) is 4.98 Å². The van der Waals surface area contributed by atoms with E-state index in [1.807, 2.05) is 0 Å². The highest BCUT2D eigenvalue weighted by Crippen LogP contribution is 2.34. The molecule has 2 aromatic rings. The first-order valence-corrected chi connectivity index (χ1v) is 8.35. The normalized spacial score (nSPS) is 16.0. The molecule has 0 saturated heterocycles. The third-order valence-electron chi connectivity index (χ3n) is 3.79. The van der Waals surface area contributed by atoms with E-state index in [-0.39, 0.29) is 17.5 Å². The fourth-order valence-corrected chi connectivity index (χ4v) is 2.66. The first-order chi connectivity index (χ1) is 12.5. The Balaban J connectivity index is 1.68. The molecule has 0 N–H and O–H groups in total. The average Bonchev–Trinajstić information content (AvgIpc) is 2.62. The maximum absolute atomic E-state index is 12.4. The first kappa shape index (κ1) is 17.9. The van der Waals surface area contributed by atoms with Crippen molar-refractivity contribution >= 4 is 29.1 Å². The molecule has 1 aromatic carbocycles. The molecule has 1 amide bonds. The summed E-state index contributed by atoms with van der Waals surface area (Å²) in [6.07, 6.45) is -0.159. The minimum Gasteiger partial charge on any atom is -0.494 e. The zero-order valence-electron chi connectivity index (χ0n) is 13.9. The smallest absolute Gasteiger partial charge is 0.366 e. The highest BCUT2D eigenvalue weighted by atomic mass is 35.5. The Hall–Kier alpha value is -2.87. The molecule has 0 bridgehead atoms. The van der Waals surface area contributed by atoms with Crippen molar-refractivity contribution in [1.82, 2.24) is 4.98 Å². The van der Waals surface area contributed by atoms with Gasteiger partial charge < -0.3 is 19.6 Å². The van der Waals surface area contributed by atoms with Crippen LogP contribution in [0.3, 0.4) is 0 Å². The zero-order valence-corrected chi connectivity index (χ0v) is 14.7. The predicted octanol–water partition coefficient (Wildman–Crippen LogP) is 3.23. The predicted molar refractivity (Wildman–Crippen MR) is 94.9 cm³/mol. The van der Waals surface area contributed by atoms with Crippen molar-refractivity contribution < 1.29 is 19.2 Å². The summed E-state index contributed by atoms with van der Waals surface area (Å²) in [5.41, 5.74) is 0. The number of amides is 1. The Bertz CT molecular complexity index is 828. The number of fused-ring (bicyclic) bond motifs is 1. The third kappa shape index (κ3) is 3.85. The van der Waals surface area contributed by atoms with E-state index in [0.29, 0.717) is 36.1 Å². The minimum absolute atomic E-state index is 0.161. The van der Waals surface area contributed by atoms with Crippen molar-refractivity contribution in [1.29, 1.82) is 0 Å². The number of ether oxygens (including phenoxy) is 2. The Morgan fingerprint density at radius 1 is 1.31 bits per heavy atom. The van der Waals surface area contributed by atoms with Gasteiger partial charge in [0.05, 0.1) is 6.61 Å². The second-order valence-electron chi connectivity index (χ2n) is 5.65. The molecule has 3 rings (SSSR count). The van der Waals surface area contributed by atoms with Gasteiger partial charge >= 0.3 is 5.82 Å². The second kappa shape index (κ2) is 7.57. The van der Waals surface area contributed by atoms with Crippen molar-refractivity contribution in [3.05, 3.63) is 51.5 Å². The van der Waals surface area contributed by atoms with Crippen molar-refractivity contribution in [3.8, 4) is 11.5 Å². The molecule has 136 valence electrons. The van der Waals surface area contributed by atoms with E-state index in [9.17, 15) is 14.9 Å². The van der Waals surface area contributed by atoms with Gasteiger partial charge in [-0.05, 0) is 53.6 Å². The number of carbonyl (C=O) groups is 1. The van der Waals surface area contributed by atoms with Gasteiger partial charge in [0.2, 0.25) is 0 Å². The topological polar surface area (TPSA) is 94.8 Å². The summed E-state index contributed by atoms with van der Waals surface area (Å²) < 4.78 is 11.1. The molecule has 26 heavy (non-hydrogen) atoms. The number of rotatable bonds is 6.